The van der Waals surface area contributed by atoms with Gasteiger partial charge in [-0.3, -0.25) is 23.3 Å². The zero-order chi connectivity index (χ0) is 22.3. The summed E-state index contributed by atoms with van der Waals surface area (Å²) in [5.41, 5.74) is -0.181. The van der Waals surface area contributed by atoms with E-state index in [1.54, 1.807) is 13.8 Å². The molecule has 31 heavy (non-hydrogen) atoms. The molecule has 3 aromatic heterocycles. The van der Waals surface area contributed by atoms with Crippen molar-refractivity contribution in [1.82, 2.24) is 23.1 Å². The lowest BCUT2D eigenvalue weighted by atomic mass is 10.1. The summed E-state index contributed by atoms with van der Waals surface area (Å²) >= 11 is 0. The fourth-order valence-corrected chi connectivity index (χ4v) is 4.03. The van der Waals surface area contributed by atoms with E-state index in [9.17, 15) is 19.5 Å². The SMILES string of the molecule is CCCc1c(O)n(Cc2ccccc2)c2nc3c(c(=O)n(CC)c(=O)n3CC)n2c1=O. The van der Waals surface area contributed by atoms with Crippen LogP contribution < -0.4 is 16.8 Å². The van der Waals surface area contributed by atoms with Crippen LogP contribution in [0, 0.1) is 0 Å². The van der Waals surface area contributed by atoms with Gasteiger partial charge in [-0.05, 0) is 25.8 Å². The summed E-state index contributed by atoms with van der Waals surface area (Å²) in [4.78, 5) is 43.8. The van der Waals surface area contributed by atoms with Gasteiger partial charge in [0.05, 0.1) is 12.1 Å². The molecule has 0 aliphatic rings. The Balaban J connectivity index is 2.23. The summed E-state index contributed by atoms with van der Waals surface area (Å²) in [6.07, 6.45) is 0.996. The first-order valence-electron chi connectivity index (χ1n) is 10.5. The normalized spacial score (nSPS) is 11.6. The molecule has 4 rings (SSSR count). The highest BCUT2D eigenvalue weighted by molar-refractivity contribution is 5.75. The van der Waals surface area contributed by atoms with Crippen LogP contribution in [-0.2, 0) is 26.1 Å². The summed E-state index contributed by atoms with van der Waals surface area (Å²) in [5.74, 6) is -0.0338. The van der Waals surface area contributed by atoms with Gasteiger partial charge in [0.1, 0.15) is 0 Å². The van der Waals surface area contributed by atoms with Crippen molar-refractivity contribution in [2.75, 3.05) is 0 Å². The smallest absolute Gasteiger partial charge is 0.332 e. The molecule has 0 aliphatic carbocycles. The Labute approximate surface area is 177 Å². The molecule has 3 heterocycles. The van der Waals surface area contributed by atoms with Crippen LogP contribution in [0.5, 0.6) is 5.88 Å². The Bertz CT molecular complexity index is 1460. The lowest BCUT2D eigenvalue weighted by molar-refractivity contribution is 0.411. The molecule has 0 bridgehead atoms. The van der Waals surface area contributed by atoms with Crippen molar-refractivity contribution in [3.63, 3.8) is 0 Å². The highest BCUT2D eigenvalue weighted by Crippen LogP contribution is 2.22. The molecule has 9 heteroatoms. The molecular formula is C22H25N5O4. The Morgan fingerprint density at radius 2 is 1.58 bits per heavy atom. The number of fused-ring (bicyclic) bond motifs is 3. The van der Waals surface area contributed by atoms with Gasteiger partial charge in [-0.1, -0.05) is 43.7 Å². The van der Waals surface area contributed by atoms with Crippen LogP contribution in [0.15, 0.2) is 44.7 Å². The fourth-order valence-electron chi connectivity index (χ4n) is 4.03. The maximum atomic E-state index is 13.4. The quantitative estimate of drug-likeness (QED) is 0.509. The molecule has 0 aliphatic heterocycles. The van der Waals surface area contributed by atoms with Crippen LogP contribution >= 0.6 is 0 Å². The van der Waals surface area contributed by atoms with Gasteiger partial charge in [0.15, 0.2) is 11.2 Å². The van der Waals surface area contributed by atoms with Crippen LogP contribution in [0.2, 0.25) is 0 Å². The van der Waals surface area contributed by atoms with Gasteiger partial charge in [0.2, 0.25) is 11.7 Å². The minimum Gasteiger partial charge on any atom is -0.494 e. The summed E-state index contributed by atoms with van der Waals surface area (Å²) in [6, 6.07) is 9.47. The van der Waals surface area contributed by atoms with Gasteiger partial charge in [0.25, 0.3) is 11.1 Å². The van der Waals surface area contributed by atoms with E-state index in [4.69, 9.17) is 0 Å². The first-order valence-corrected chi connectivity index (χ1v) is 10.5. The van der Waals surface area contributed by atoms with Crippen molar-refractivity contribution >= 4 is 16.9 Å². The molecule has 0 radical (unpaired) electrons. The van der Waals surface area contributed by atoms with Crippen LogP contribution in [0.1, 0.15) is 38.3 Å². The van der Waals surface area contributed by atoms with Crippen LogP contribution in [0.3, 0.4) is 0 Å². The lowest BCUT2D eigenvalue weighted by Gasteiger charge is -2.14. The lowest BCUT2D eigenvalue weighted by Crippen LogP contribution is -2.40. The molecule has 1 aromatic carbocycles. The number of nitrogens with zero attached hydrogens (tertiary/aromatic N) is 5. The molecule has 0 spiro atoms. The van der Waals surface area contributed by atoms with Gasteiger partial charge >= 0.3 is 5.69 Å². The van der Waals surface area contributed by atoms with Gasteiger partial charge in [-0.2, -0.15) is 4.98 Å². The first-order chi connectivity index (χ1) is 14.9. The molecule has 9 nitrogen and oxygen atoms in total. The molecule has 4 aromatic rings. The predicted octanol–water partition coefficient (Wildman–Crippen LogP) is 1.72. The molecule has 0 unspecified atom stereocenters. The zero-order valence-corrected chi connectivity index (χ0v) is 17.8. The summed E-state index contributed by atoms with van der Waals surface area (Å²) < 4.78 is 5.27. The predicted molar refractivity (Wildman–Crippen MR) is 118 cm³/mol. The number of benzene rings is 1. The third kappa shape index (κ3) is 3.08. The Morgan fingerprint density at radius 1 is 0.903 bits per heavy atom. The van der Waals surface area contributed by atoms with E-state index in [0.29, 0.717) is 19.4 Å². The number of hydrogen-bond donors (Lipinski definition) is 1. The van der Waals surface area contributed by atoms with E-state index in [2.05, 4.69) is 4.98 Å². The van der Waals surface area contributed by atoms with E-state index in [1.165, 1.54) is 13.5 Å². The fraction of sp³-hybridized carbons (Fsp3) is 0.364. The molecule has 0 saturated carbocycles. The highest BCUT2D eigenvalue weighted by atomic mass is 16.3. The second-order valence-electron chi connectivity index (χ2n) is 7.42. The van der Waals surface area contributed by atoms with Crippen LogP contribution in [0.25, 0.3) is 16.9 Å². The van der Waals surface area contributed by atoms with E-state index in [0.717, 1.165) is 10.1 Å². The Hall–Kier alpha value is -3.62. The van der Waals surface area contributed by atoms with E-state index in [1.807, 2.05) is 37.3 Å². The molecule has 162 valence electrons. The Morgan fingerprint density at radius 3 is 2.19 bits per heavy atom. The summed E-state index contributed by atoms with van der Waals surface area (Å²) in [6.45, 7) is 6.13. The van der Waals surface area contributed by atoms with Crippen molar-refractivity contribution in [2.24, 2.45) is 0 Å². The van der Waals surface area contributed by atoms with E-state index in [-0.39, 0.29) is 41.5 Å². The topological polar surface area (TPSA) is 104 Å². The minimum absolute atomic E-state index is 0.0578. The van der Waals surface area contributed by atoms with E-state index >= 15 is 0 Å². The molecule has 0 saturated heterocycles. The van der Waals surface area contributed by atoms with Gasteiger partial charge in [0, 0.05) is 13.1 Å². The van der Waals surface area contributed by atoms with Crippen LogP contribution in [0.4, 0.5) is 0 Å². The number of aromatic hydroxyl groups is 1. The molecule has 0 atom stereocenters. The third-order valence-corrected chi connectivity index (χ3v) is 5.55. The standard InChI is InChI=1S/C22H25N5O4/c1-4-10-15-18(28)26(13-14-11-8-7-9-12-14)21-23-17-16(27(21)19(15)29)20(30)25(6-3)22(31)24(17)5-2/h7-9,11-12,28H,4-6,10,13H2,1-3H3. The first kappa shape index (κ1) is 20.6. The van der Waals surface area contributed by atoms with Crippen molar-refractivity contribution < 1.29 is 5.11 Å². The Kier molecular flexibility index (Phi) is 5.26. The van der Waals surface area contributed by atoms with Crippen LogP contribution in [-0.4, -0.2) is 28.2 Å². The zero-order valence-electron chi connectivity index (χ0n) is 17.8. The van der Waals surface area contributed by atoms with Gasteiger partial charge < -0.3 is 5.11 Å². The molecule has 0 amide bonds. The molecule has 0 fully saturated rings. The monoisotopic (exact) mass is 423 g/mol. The number of rotatable bonds is 6. The van der Waals surface area contributed by atoms with Crippen molar-refractivity contribution in [3.8, 4) is 5.88 Å². The van der Waals surface area contributed by atoms with Gasteiger partial charge in [-0.25, -0.2) is 9.20 Å². The second kappa shape index (κ2) is 7.90. The van der Waals surface area contributed by atoms with Crippen molar-refractivity contribution in [1.29, 1.82) is 0 Å². The molecule has 1 N–H and O–H groups in total. The maximum absolute atomic E-state index is 13.4. The molecular weight excluding hydrogens is 398 g/mol. The number of aromatic nitrogens is 5. The summed E-state index contributed by atoms with van der Waals surface area (Å²) in [7, 11) is 0. The van der Waals surface area contributed by atoms with Crippen molar-refractivity contribution in [2.45, 2.75) is 53.2 Å². The van der Waals surface area contributed by atoms with E-state index < -0.39 is 16.8 Å². The number of hydrogen-bond acceptors (Lipinski definition) is 5. The summed E-state index contributed by atoms with van der Waals surface area (Å²) in [5, 5.41) is 11.0. The number of aryl methyl sites for hydroxylation is 1. The average Bonchev–Trinajstić information content (AvgIpc) is 3.16. The highest BCUT2D eigenvalue weighted by Gasteiger charge is 2.24. The van der Waals surface area contributed by atoms with Gasteiger partial charge in [-0.15, -0.1) is 0 Å². The van der Waals surface area contributed by atoms with Crippen molar-refractivity contribution in [3.05, 3.63) is 72.7 Å². The maximum Gasteiger partial charge on any atom is 0.332 e. The largest absolute Gasteiger partial charge is 0.494 e. The second-order valence-corrected chi connectivity index (χ2v) is 7.42. The average molecular weight is 423 g/mol. The number of imidazole rings is 1. The minimum atomic E-state index is -0.559. The third-order valence-electron chi connectivity index (χ3n) is 5.55.